The fourth-order valence-corrected chi connectivity index (χ4v) is 6.34. The van der Waals surface area contributed by atoms with E-state index >= 15 is 0 Å². The monoisotopic (exact) mass is 486 g/mol. The molecule has 0 saturated carbocycles. The van der Waals surface area contributed by atoms with Crippen molar-refractivity contribution in [3.05, 3.63) is 57.6 Å². The molecule has 2 aromatic carbocycles. The smallest absolute Gasteiger partial charge is 0.270 e. The highest BCUT2D eigenvalue weighted by Gasteiger charge is 2.31. The van der Waals surface area contributed by atoms with Gasteiger partial charge in [0.2, 0.25) is 10.0 Å². The molecule has 0 bridgehead atoms. The Hall–Kier alpha value is -2.98. The lowest BCUT2D eigenvalue weighted by atomic mass is 10.1. The molecule has 10 heteroatoms. The summed E-state index contributed by atoms with van der Waals surface area (Å²) in [6, 6.07) is 9.35. The Morgan fingerprint density at radius 2 is 1.68 bits per heavy atom. The third kappa shape index (κ3) is 4.39. The predicted octanol–water partition coefficient (Wildman–Crippen LogP) is 3.82. The minimum atomic E-state index is -3.60. The number of fused-ring (bicyclic) bond motifs is 1. The number of hydrogen-bond donors (Lipinski definition) is 0. The number of carbonyl (C=O) groups is 1. The van der Waals surface area contributed by atoms with Crippen LogP contribution in [0.15, 0.2) is 41.3 Å². The van der Waals surface area contributed by atoms with Crippen molar-refractivity contribution >= 4 is 33.0 Å². The number of carbonyl (C=O) groups excluding carboxylic acids is 1. The molecule has 2 aliphatic heterocycles. The van der Waals surface area contributed by atoms with Crippen molar-refractivity contribution in [1.82, 2.24) is 4.31 Å². The van der Waals surface area contributed by atoms with Crippen molar-refractivity contribution < 1.29 is 18.1 Å². The Labute approximate surface area is 200 Å². The molecular weight excluding hydrogens is 456 g/mol. The molecule has 0 spiro atoms. The summed E-state index contributed by atoms with van der Waals surface area (Å²) < 4.78 is 27.3. The Kier molecular flexibility index (Phi) is 6.90. The number of anilines is 2. The van der Waals surface area contributed by atoms with Crippen LogP contribution in [-0.4, -0.2) is 56.3 Å². The fourth-order valence-electron chi connectivity index (χ4n) is 4.83. The van der Waals surface area contributed by atoms with E-state index in [1.807, 2.05) is 0 Å². The molecule has 1 fully saturated rings. The molecule has 0 aliphatic carbocycles. The molecule has 182 valence electrons. The molecule has 0 N–H and O–H groups in total. The van der Waals surface area contributed by atoms with E-state index in [0.29, 0.717) is 43.0 Å². The van der Waals surface area contributed by atoms with Gasteiger partial charge in [0.25, 0.3) is 11.6 Å². The molecular formula is C24H30N4O5S. The average Bonchev–Trinajstić information content (AvgIpc) is 3.27. The normalized spacial score (nSPS) is 16.1. The molecule has 4 rings (SSSR count). The maximum atomic E-state index is 13.7. The highest BCUT2D eigenvalue weighted by Crippen LogP contribution is 2.35. The second-order valence-electron chi connectivity index (χ2n) is 8.59. The largest absolute Gasteiger partial charge is 0.371 e. The molecule has 9 nitrogen and oxygen atoms in total. The summed E-state index contributed by atoms with van der Waals surface area (Å²) >= 11 is 0. The quantitative estimate of drug-likeness (QED) is 0.435. The van der Waals surface area contributed by atoms with Crippen molar-refractivity contribution in [3.63, 3.8) is 0 Å². The lowest BCUT2D eigenvalue weighted by Gasteiger charge is -2.31. The van der Waals surface area contributed by atoms with Gasteiger partial charge in [-0.25, -0.2) is 8.42 Å². The van der Waals surface area contributed by atoms with Crippen molar-refractivity contribution in [2.75, 3.05) is 42.5 Å². The molecule has 0 atom stereocenters. The summed E-state index contributed by atoms with van der Waals surface area (Å²) in [5.74, 6) is -0.303. The van der Waals surface area contributed by atoms with Crippen molar-refractivity contribution in [2.45, 2.75) is 44.4 Å². The van der Waals surface area contributed by atoms with Gasteiger partial charge in [-0.3, -0.25) is 14.9 Å². The molecule has 0 unspecified atom stereocenters. The van der Waals surface area contributed by atoms with E-state index in [2.05, 4.69) is 4.90 Å². The van der Waals surface area contributed by atoms with E-state index in [1.165, 1.54) is 22.5 Å². The zero-order chi connectivity index (χ0) is 24.5. The summed E-state index contributed by atoms with van der Waals surface area (Å²) in [5, 5.41) is 11.4. The van der Waals surface area contributed by atoms with E-state index in [9.17, 15) is 23.3 Å². The van der Waals surface area contributed by atoms with Gasteiger partial charge in [-0.1, -0.05) is 13.8 Å². The zero-order valence-electron chi connectivity index (χ0n) is 19.6. The van der Waals surface area contributed by atoms with Crippen molar-refractivity contribution in [1.29, 1.82) is 0 Å². The second-order valence-corrected chi connectivity index (χ2v) is 10.5. The van der Waals surface area contributed by atoms with Crippen LogP contribution in [0.3, 0.4) is 0 Å². The first-order chi connectivity index (χ1) is 16.3. The second kappa shape index (κ2) is 9.71. The van der Waals surface area contributed by atoms with Crippen LogP contribution >= 0.6 is 0 Å². The number of nitrogens with zero attached hydrogens (tertiary/aromatic N) is 4. The van der Waals surface area contributed by atoms with Gasteiger partial charge < -0.3 is 9.80 Å². The molecule has 2 heterocycles. The van der Waals surface area contributed by atoms with Crippen molar-refractivity contribution in [2.24, 2.45) is 0 Å². The SMILES string of the molecule is CCN(CC)S(=O)(=O)c1ccc2c(c1)CCN2C(=O)c1cc([N+](=O)[O-])ccc1N1CCCCC1. The number of nitro groups is 1. The minimum absolute atomic E-state index is 0.121. The molecule has 2 aliphatic rings. The van der Waals surface area contributed by atoms with Crippen LogP contribution in [-0.2, 0) is 16.4 Å². The van der Waals surface area contributed by atoms with Gasteiger partial charge in [0.05, 0.1) is 21.1 Å². The van der Waals surface area contributed by atoms with Gasteiger partial charge in [-0.05, 0) is 55.5 Å². The van der Waals surface area contributed by atoms with Crippen LogP contribution < -0.4 is 9.80 Å². The van der Waals surface area contributed by atoms with E-state index in [-0.39, 0.29) is 16.5 Å². The maximum Gasteiger partial charge on any atom is 0.270 e. The zero-order valence-corrected chi connectivity index (χ0v) is 20.4. The molecule has 2 aromatic rings. The molecule has 34 heavy (non-hydrogen) atoms. The van der Waals surface area contributed by atoms with Crippen LogP contribution in [0.5, 0.6) is 0 Å². The highest BCUT2D eigenvalue weighted by molar-refractivity contribution is 7.89. The number of hydrogen-bond acceptors (Lipinski definition) is 6. The van der Waals surface area contributed by atoms with E-state index in [0.717, 1.165) is 37.9 Å². The molecule has 1 amide bonds. The number of non-ortho nitro benzene ring substituents is 1. The van der Waals surface area contributed by atoms with Gasteiger partial charge in [-0.2, -0.15) is 4.31 Å². The molecule has 0 aromatic heterocycles. The number of amides is 1. The summed E-state index contributed by atoms with van der Waals surface area (Å²) in [6.07, 6.45) is 3.68. The number of nitro benzene ring substituents is 1. The Morgan fingerprint density at radius 3 is 2.32 bits per heavy atom. The predicted molar refractivity (Wildman–Crippen MR) is 131 cm³/mol. The van der Waals surface area contributed by atoms with Gasteiger partial charge in [0.15, 0.2) is 0 Å². The third-order valence-electron chi connectivity index (χ3n) is 6.65. The summed E-state index contributed by atoms with van der Waals surface area (Å²) in [6.45, 7) is 6.37. The highest BCUT2D eigenvalue weighted by atomic mass is 32.2. The van der Waals surface area contributed by atoms with E-state index < -0.39 is 14.9 Å². The first-order valence-corrected chi connectivity index (χ1v) is 13.2. The summed E-state index contributed by atoms with van der Waals surface area (Å²) in [7, 11) is -3.60. The average molecular weight is 487 g/mol. The van der Waals surface area contributed by atoms with Gasteiger partial charge >= 0.3 is 0 Å². The number of sulfonamides is 1. The Morgan fingerprint density at radius 1 is 1.00 bits per heavy atom. The van der Waals surface area contributed by atoms with Crippen LogP contribution in [0.25, 0.3) is 0 Å². The van der Waals surface area contributed by atoms with Gasteiger partial charge in [0.1, 0.15) is 0 Å². The van der Waals surface area contributed by atoms with Crippen LogP contribution in [0.4, 0.5) is 17.1 Å². The first kappa shape index (κ1) is 24.2. The summed E-state index contributed by atoms with van der Waals surface area (Å²) in [4.78, 5) is 28.6. The van der Waals surface area contributed by atoms with E-state index in [4.69, 9.17) is 0 Å². The fraction of sp³-hybridized carbons (Fsp3) is 0.458. The molecule has 1 saturated heterocycles. The summed E-state index contributed by atoms with van der Waals surface area (Å²) in [5.41, 5.74) is 2.34. The Balaban J connectivity index is 1.69. The topological polar surface area (TPSA) is 104 Å². The van der Waals surface area contributed by atoms with Crippen LogP contribution in [0.1, 0.15) is 49.0 Å². The first-order valence-electron chi connectivity index (χ1n) is 11.8. The van der Waals surface area contributed by atoms with E-state index in [1.54, 1.807) is 36.9 Å². The van der Waals surface area contributed by atoms with Crippen molar-refractivity contribution in [3.8, 4) is 0 Å². The lowest BCUT2D eigenvalue weighted by molar-refractivity contribution is -0.384. The number of piperidine rings is 1. The Bertz CT molecular complexity index is 1200. The molecule has 0 radical (unpaired) electrons. The minimum Gasteiger partial charge on any atom is -0.371 e. The van der Waals surface area contributed by atoms with Crippen LogP contribution in [0.2, 0.25) is 0 Å². The van der Waals surface area contributed by atoms with Gasteiger partial charge in [0, 0.05) is 50.5 Å². The number of benzene rings is 2. The standard InChI is InChI=1S/C24H30N4O5S/c1-3-26(4-2)34(32,33)20-9-11-22-18(16-20)12-15-27(22)24(29)21-17-19(28(30)31)8-10-23(21)25-13-6-5-7-14-25/h8-11,16-17H,3-7,12-15H2,1-2H3. The van der Waals surface area contributed by atoms with Gasteiger partial charge in [-0.15, -0.1) is 0 Å². The third-order valence-corrected chi connectivity index (χ3v) is 8.70. The lowest BCUT2D eigenvalue weighted by Crippen LogP contribution is -2.34. The maximum absolute atomic E-state index is 13.7. The number of rotatable bonds is 7. The van der Waals surface area contributed by atoms with Crippen LogP contribution in [0, 0.1) is 10.1 Å².